The SMILES string of the molecule is O[C@H](CNc1ccccc1)Cn1c2ccc(Cl)cc2c2cc(Cl)ccc21. The van der Waals surface area contributed by atoms with Gasteiger partial charge in [0.2, 0.25) is 0 Å². The Morgan fingerprint density at radius 2 is 1.42 bits per heavy atom. The molecule has 3 aromatic carbocycles. The van der Waals surface area contributed by atoms with Crippen molar-refractivity contribution in [1.29, 1.82) is 0 Å². The molecule has 0 aliphatic heterocycles. The lowest BCUT2D eigenvalue weighted by Gasteiger charge is -2.15. The molecule has 0 saturated carbocycles. The highest BCUT2D eigenvalue weighted by molar-refractivity contribution is 6.33. The number of aromatic nitrogens is 1. The van der Waals surface area contributed by atoms with E-state index in [4.69, 9.17) is 23.2 Å². The predicted molar refractivity (Wildman–Crippen MR) is 110 cm³/mol. The summed E-state index contributed by atoms with van der Waals surface area (Å²) >= 11 is 12.4. The summed E-state index contributed by atoms with van der Waals surface area (Å²) in [7, 11) is 0. The minimum absolute atomic E-state index is 0.465. The van der Waals surface area contributed by atoms with Gasteiger partial charge in [-0.05, 0) is 48.5 Å². The first-order valence-corrected chi connectivity index (χ1v) is 9.21. The number of hydrogen-bond donors (Lipinski definition) is 2. The van der Waals surface area contributed by atoms with E-state index in [1.165, 1.54) is 0 Å². The molecule has 1 heterocycles. The highest BCUT2D eigenvalue weighted by Crippen LogP contribution is 2.33. The third-order valence-electron chi connectivity index (χ3n) is 4.50. The number of fused-ring (bicyclic) bond motifs is 3. The zero-order chi connectivity index (χ0) is 18.1. The van der Waals surface area contributed by atoms with E-state index in [9.17, 15) is 5.11 Å². The molecule has 1 atom stereocenters. The Bertz CT molecular complexity index is 1000. The van der Waals surface area contributed by atoms with E-state index in [0.717, 1.165) is 27.5 Å². The van der Waals surface area contributed by atoms with E-state index >= 15 is 0 Å². The zero-order valence-corrected chi connectivity index (χ0v) is 15.5. The van der Waals surface area contributed by atoms with Gasteiger partial charge >= 0.3 is 0 Å². The number of rotatable bonds is 5. The average Bonchev–Trinajstić information content (AvgIpc) is 2.93. The lowest BCUT2D eigenvalue weighted by atomic mass is 10.1. The molecule has 0 spiro atoms. The van der Waals surface area contributed by atoms with Crippen molar-refractivity contribution >= 4 is 50.7 Å². The Hall–Kier alpha value is -2.20. The number of para-hydroxylation sites is 1. The summed E-state index contributed by atoms with van der Waals surface area (Å²) in [5, 5.41) is 17.3. The van der Waals surface area contributed by atoms with Gasteiger partial charge in [0, 0.05) is 44.1 Å². The molecule has 2 N–H and O–H groups in total. The molecule has 0 radical (unpaired) electrons. The molecule has 132 valence electrons. The largest absolute Gasteiger partial charge is 0.389 e. The molecular formula is C21H18Cl2N2O. The lowest BCUT2D eigenvalue weighted by Crippen LogP contribution is -2.24. The van der Waals surface area contributed by atoms with Crippen LogP contribution in [0, 0.1) is 0 Å². The number of benzene rings is 3. The van der Waals surface area contributed by atoms with E-state index in [0.29, 0.717) is 23.1 Å². The molecule has 1 aromatic heterocycles. The molecule has 0 aliphatic carbocycles. The fourth-order valence-electron chi connectivity index (χ4n) is 3.31. The molecule has 0 amide bonds. The fourth-order valence-corrected chi connectivity index (χ4v) is 3.66. The van der Waals surface area contributed by atoms with Gasteiger partial charge in [0.05, 0.1) is 12.6 Å². The Balaban J connectivity index is 1.66. The van der Waals surface area contributed by atoms with Crippen LogP contribution in [0.5, 0.6) is 0 Å². The number of nitrogens with zero attached hydrogens (tertiary/aromatic N) is 1. The molecule has 0 unspecified atom stereocenters. The van der Waals surface area contributed by atoms with Crippen LogP contribution in [0.15, 0.2) is 66.7 Å². The average molecular weight is 385 g/mol. The van der Waals surface area contributed by atoms with Crippen LogP contribution in [0.2, 0.25) is 10.0 Å². The van der Waals surface area contributed by atoms with E-state index in [-0.39, 0.29) is 0 Å². The summed E-state index contributed by atoms with van der Waals surface area (Å²) < 4.78 is 2.12. The molecule has 3 nitrogen and oxygen atoms in total. The molecule has 4 rings (SSSR count). The van der Waals surface area contributed by atoms with Crippen molar-refractivity contribution in [2.75, 3.05) is 11.9 Å². The van der Waals surface area contributed by atoms with Gasteiger partial charge in [-0.1, -0.05) is 41.4 Å². The molecule has 4 aromatic rings. The minimum Gasteiger partial charge on any atom is -0.389 e. The van der Waals surface area contributed by atoms with Crippen molar-refractivity contribution in [1.82, 2.24) is 4.57 Å². The third kappa shape index (κ3) is 3.38. The highest BCUT2D eigenvalue weighted by Gasteiger charge is 2.14. The summed E-state index contributed by atoms with van der Waals surface area (Å²) in [5.41, 5.74) is 3.06. The maximum atomic E-state index is 10.6. The quantitative estimate of drug-likeness (QED) is 0.471. The van der Waals surface area contributed by atoms with Gasteiger partial charge in [0.25, 0.3) is 0 Å². The zero-order valence-electron chi connectivity index (χ0n) is 14.0. The highest BCUT2D eigenvalue weighted by atomic mass is 35.5. The molecule has 5 heteroatoms. The minimum atomic E-state index is -0.541. The number of anilines is 1. The van der Waals surface area contributed by atoms with Crippen LogP contribution in [-0.2, 0) is 6.54 Å². The van der Waals surface area contributed by atoms with Crippen molar-refractivity contribution in [3.63, 3.8) is 0 Å². The fraction of sp³-hybridized carbons (Fsp3) is 0.143. The molecule has 0 aliphatic rings. The van der Waals surface area contributed by atoms with Gasteiger partial charge in [0.15, 0.2) is 0 Å². The van der Waals surface area contributed by atoms with Gasteiger partial charge in [0.1, 0.15) is 0 Å². The van der Waals surface area contributed by atoms with Gasteiger partial charge in [-0.3, -0.25) is 0 Å². The first-order valence-electron chi connectivity index (χ1n) is 8.46. The molecule has 0 fully saturated rings. The molecule has 0 bridgehead atoms. The van der Waals surface area contributed by atoms with Crippen LogP contribution in [0.25, 0.3) is 21.8 Å². The van der Waals surface area contributed by atoms with Crippen molar-refractivity contribution in [2.24, 2.45) is 0 Å². The van der Waals surface area contributed by atoms with Crippen molar-refractivity contribution in [3.05, 3.63) is 76.8 Å². The molecule has 0 saturated heterocycles. The van der Waals surface area contributed by atoms with E-state index in [2.05, 4.69) is 9.88 Å². The van der Waals surface area contributed by atoms with Crippen molar-refractivity contribution in [2.45, 2.75) is 12.6 Å². The Morgan fingerprint density at radius 3 is 2.00 bits per heavy atom. The summed E-state index contributed by atoms with van der Waals surface area (Å²) in [6.45, 7) is 0.940. The summed E-state index contributed by atoms with van der Waals surface area (Å²) in [6.07, 6.45) is -0.541. The number of aliphatic hydroxyl groups excluding tert-OH is 1. The molecule has 26 heavy (non-hydrogen) atoms. The van der Waals surface area contributed by atoms with E-state index in [1.54, 1.807) is 0 Å². The van der Waals surface area contributed by atoms with E-state index < -0.39 is 6.10 Å². The maximum absolute atomic E-state index is 10.6. The summed E-state index contributed by atoms with van der Waals surface area (Å²) in [4.78, 5) is 0. The predicted octanol–water partition coefficient (Wildman–Crippen LogP) is 5.57. The number of aliphatic hydroxyl groups is 1. The maximum Gasteiger partial charge on any atom is 0.0891 e. The van der Waals surface area contributed by atoms with Crippen LogP contribution < -0.4 is 5.32 Å². The van der Waals surface area contributed by atoms with Crippen LogP contribution in [0.3, 0.4) is 0 Å². The Kier molecular flexibility index (Phi) is 4.77. The van der Waals surface area contributed by atoms with Gasteiger partial charge < -0.3 is 15.0 Å². The van der Waals surface area contributed by atoms with Gasteiger partial charge in [-0.2, -0.15) is 0 Å². The van der Waals surface area contributed by atoms with Gasteiger partial charge in [-0.15, -0.1) is 0 Å². The summed E-state index contributed by atoms with van der Waals surface area (Å²) in [5.74, 6) is 0. The first-order chi connectivity index (χ1) is 12.6. The van der Waals surface area contributed by atoms with Crippen molar-refractivity contribution < 1.29 is 5.11 Å². The van der Waals surface area contributed by atoms with Crippen LogP contribution >= 0.6 is 23.2 Å². The second-order valence-electron chi connectivity index (χ2n) is 6.33. The topological polar surface area (TPSA) is 37.2 Å². The van der Waals surface area contributed by atoms with Gasteiger partial charge in [-0.25, -0.2) is 0 Å². The second-order valence-corrected chi connectivity index (χ2v) is 7.21. The van der Waals surface area contributed by atoms with E-state index in [1.807, 2.05) is 66.7 Å². The Labute approximate surface area is 161 Å². The Morgan fingerprint density at radius 1 is 0.846 bits per heavy atom. The third-order valence-corrected chi connectivity index (χ3v) is 4.97. The van der Waals surface area contributed by atoms with Crippen molar-refractivity contribution in [3.8, 4) is 0 Å². The second kappa shape index (κ2) is 7.20. The smallest absolute Gasteiger partial charge is 0.0891 e. The monoisotopic (exact) mass is 384 g/mol. The normalized spacial score (nSPS) is 12.6. The number of nitrogens with one attached hydrogen (secondary N) is 1. The standard InChI is InChI=1S/C21H18Cl2N2O/c22-14-6-8-20-18(10-14)19-11-15(23)7-9-21(19)25(20)13-17(26)12-24-16-4-2-1-3-5-16/h1-11,17,24,26H,12-13H2/t17-/m1/s1. The number of halogens is 2. The first kappa shape index (κ1) is 17.2. The molecular weight excluding hydrogens is 367 g/mol. The van der Waals surface area contributed by atoms with Crippen LogP contribution in [0.4, 0.5) is 5.69 Å². The van der Waals surface area contributed by atoms with Crippen LogP contribution in [-0.4, -0.2) is 22.3 Å². The van der Waals surface area contributed by atoms with Crippen LogP contribution in [0.1, 0.15) is 0 Å². The summed E-state index contributed by atoms with van der Waals surface area (Å²) in [6, 6.07) is 21.5. The number of hydrogen-bond acceptors (Lipinski definition) is 2. The lowest BCUT2D eigenvalue weighted by molar-refractivity contribution is 0.169.